The second-order valence-corrected chi connectivity index (χ2v) is 4.31. The van der Waals surface area contributed by atoms with Crippen molar-refractivity contribution in [3.63, 3.8) is 0 Å². The molecule has 0 amide bonds. The van der Waals surface area contributed by atoms with Crippen LogP contribution in [0.25, 0.3) is 0 Å². The summed E-state index contributed by atoms with van der Waals surface area (Å²) < 4.78 is 0. The number of aliphatic carboxylic acids is 1. The van der Waals surface area contributed by atoms with Crippen molar-refractivity contribution in [2.24, 2.45) is 17.8 Å². The van der Waals surface area contributed by atoms with Gasteiger partial charge in [-0.05, 0) is 31.1 Å². The normalized spacial score (nSPS) is 40.8. The predicted molar refractivity (Wildman–Crippen MR) is 45.8 cm³/mol. The van der Waals surface area contributed by atoms with Crippen LogP contribution in [0.4, 0.5) is 0 Å². The van der Waals surface area contributed by atoms with Gasteiger partial charge in [0.1, 0.15) is 0 Å². The summed E-state index contributed by atoms with van der Waals surface area (Å²) in [6.45, 7) is 0. The van der Waals surface area contributed by atoms with Crippen molar-refractivity contribution in [2.75, 3.05) is 0 Å². The van der Waals surface area contributed by atoms with Crippen LogP contribution in [0.2, 0.25) is 0 Å². The molecule has 0 unspecified atom stereocenters. The number of fused-ring (bicyclic) bond motifs is 4. The second-order valence-electron chi connectivity index (χ2n) is 4.31. The van der Waals surface area contributed by atoms with E-state index in [0.717, 1.165) is 18.8 Å². The van der Waals surface area contributed by atoms with Crippen LogP contribution >= 0.6 is 0 Å². The summed E-state index contributed by atoms with van der Waals surface area (Å²) in [5.74, 6) is 0.670. The smallest absolute Gasteiger partial charge is 0.306 e. The topological polar surface area (TPSA) is 37.3 Å². The lowest BCUT2D eigenvalue weighted by atomic mass is 9.75. The van der Waals surface area contributed by atoms with E-state index in [0.29, 0.717) is 5.92 Å². The predicted octanol–water partition coefficient (Wildman–Crippen LogP) is 2.29. The third-order valence-corrected chi connectivity index (χ3v) is 3.61. The lowest BCUT2D eigenvalue weighted by Crippen LogP contribution is -2.28. The van der Waals surface area contributed by atoms with Crippen LogP contribution in [0, 0.1) is 17.8 Å². The molecular formula is C10H16O2. The molecule has 68 valence electrons. The summed E-state index contributed by atoms with van der Waals surface area (Å²) in [5, 5.41) is 8.99. The molecule has 3 aliphatic carbocycles. The largest absolute Gasteiger partial charge is 0.481 e. The Hall–Kier alpha value is -0.530. The molecule has 3 atom stereocenters. The maximum absolute atomic E-state index is 10.9. The Morgan fingerprint density at radius 1 is 1.17 bits per heavy atom. The van der Waals surface area contributed by atoms with Crippen molar-refractivity contribution in [3.8, 4) is 0 Å². The first kappa shape index (κ1) is 8.09. The van der Waals surface area contributed by atoms with Gasteiger partial charge in [-0.15, -0.1) is 0 Å². The standard InChI is InChI=1S/C10H16O2/c11-10(12)9-6-7-2-1-3-8(9)5-4-7/h7-9H,1-6H2,(H,11,12)/t7-,8-,9-/m1/s1. The van der Waals surface area contributed by atoms with Gasteiger partial charge in [-0.2, -0.15) is 0 Å². The number of carbonyl (C=O) groups is 1. The van der Waals surface area contributed by atoms with E-state index in [4.69, 9.17) is 5.11 Å². The van der Waals surface area contributed by atoms with E-state index in [-0.39, 0.29) is 5.92 Å². The highest BCUT2D eigenvalue weighted by Crippen LogP contribution is 2.42. The zero-order valence-corrected chi connectivity index (χ0v) is 7.33. The van der Waals surface area contributed by atoms with Crippen LogP contribution in [-0.2, 0) is 4.79 Å². The second kappa shape index (κ2) is 3.08. The summed E-state index contributed by atoms with van der Waals surface area (Å²) in [4.78, 5) is 10.9. The number of hydrogen-bond acceptors (Lipinski definition) is 1. The van der Waals surface area contributed by atoms with E-state index >= 15 is 0 Å². The van der Waals surface area contributed by atoms with E-state index in [1.165, 1.54) is 25.7 Å². The van der Waals surface area contributed by atoms with Crippen molar-refractivity contribution in [2.45, 2.75) is 38.5 Å². The van der Waals surface area contributed by atoms with E-state index in [9.17, 15) is 4.79 Å². The van der Waals surface area contributed by atoms with Crippen LogP contribution in [0.5, 0.6) is 0 Å². The minimum Gasteiger partial charge on any atom is -0.481 e. The summed E-state index contributed by atoms with van der Waals surface area (Å²) in [6, 6.07) is 0. The van der Waals surface area contributed by atoms with Gasteiger partial charge >= 0.3 is 5.97 Å². The van der Waals surface area contributed by atoms with Gasteiger partial charge in [0.15, 0.2) is 0 Å². The maximum Gasteiger partial charge on any atom is 0.306 e. The van der Waals surface area contributed by atoms with E-state index in [1.54, 1.807) is 0 Å². The van der Waals surface area contributed by atoms with Gasteiger partial charge < -0.3 is 5.11 Å². The fourth-order valence-electron chi connectivity index (χ4n) is 2.90. The molecule has 3 aliphatic rings. The lowest BCUT2D eigenvalue weighted by molar-refractivity contribution is -0.145. The van der Waals surface area contributed by atoms with Gasteiger partial charge in [0.25, 0.3) is 0 Å². The Kier molecular flexibility index (Phi) is 2.07. The fraction of sp³-hybridized carbons (Fsp3) is 0.900. The highest BCUT2D eigenvalue weighted by atomic mass is 16.4. The van der Waals surface area contributed by atoms with Gasteiger partial charge in [0.2, 0.25) is 0 Å². The number of carboxylic acid groups (broad SMARTS) is 1. The molecule has 0 heterocycles. The number of hydrogen-bond donors (Lipinski definition) is 1. The molecule has 0 radical (unpaired) electrons. The molecule has 0 spiro atoms. The molecule has 3 fully saturated rings. The minimum atomic E-state index is -0.549. The summed E-state index contributed by atoms with van der Waals surface area (Å²) in [7, 11) is 0. The van der Waals surface area contributed by atoms with E-state index < -0.39 is 5.97 Å². The first-order chi connectivity index (χ1) is 5.77. The Morgan fingerprint density at radius 2 is 2.00 bits per heavy atom. The average molecular weight is 168 g/mol. The van der Waals surface area contributed by atoms with Crippen molar-refractivity contribution in [3.05, 3.63) is 0 Å². The summed E-state index contributed by atoms with van der Waals surface area (Å²) in [5.41, 5.74) is 0. The molecule has 2 nitrogen and oxygen atoms in total. The van der Waals surface area contributed by atoms with Crippen molar-refractivity contribution < 1.29 is 9.90 Å². The van der Waals surface area contributed by atoms with Gasteiger partial charge in [0, 0.05) is 0 Å². The van der Waals surface area contributed by atoms with Crippen molar-refractivity contribution in [1.29, 1.82) is 0 Å². The van der Waals surface area contributed by atoms with Crippen LogP contribution in [0.3, 0.4) is 0 Å². The molecule has 2 bridgehead atoms. The van der Waals surface area contributed by atoms with Crippen LogP contribution in [-0.4, -0.2) is 11.1 Å². The van der Waals surface area contributed by atoms with Crippen LogP contribution in [0.15, 0.2) is 0 Å². The molecule has 3 rings (SSSR count). The lowest BCUT2D eigenvalue weighted by Gasteiger charge is -2.29. The Labute approximate surface area is 73.0 Å². The van der Waals surface area contributed by atoms with Gasteiger partial charge in [-0.25, -0.2) is 0 Å². The highest BCUT2D eigenvalue weighted by Gasteiger charge is 2.36. The summed E-state index contributed by atoms with van der Waals surface area (Å²) in [6.07, 6.45) is 7.11. The van der Waals surface area contributed by atoms with E-state index in [2.05, 4.69) is 0 Å². The molecular weight excluding hydrogens is 152 g/mol. The molecule has 12 heavy (non-hydrogen) atoms. The SMILES string of the molecule is O=C(O)[C@@H]1C[C@@H]2CCC[C@@H]1CC2. The zero-order chi connectivity index (χ0) is 8.55. The molecule has 0 aromatic rings. The third-order valence-electron chi connectivity index (χ3n) is 3.61. The molecule has 0 aliphatic heterocycles. The Morgan fingerprint density at radius 3 is 2.75 bits per heavy atom. The fourth-order valence-corrected chi connectivity index (χ4v) is 2.90. The van der Waals surface area contributed by atoms with E-state index in [1.807, 2.05) is 0 Å². The van der Waals surface area contributed by atoms with Crippen molar-refractivity contribution in [1.82, 2.24) is 0 Å². The molecule has 1 N–H and O–H groups in total. The van der Waals surface area contributed by atoms with Gasteiger partial charge in [-0.3, -0.25) is 4.79 Å². The highest BCUT2D eigenvalue weighted by molar-refractivity contribution is 5.70. The summed E-state index contributed by atoms with van der Waals surface area (Å²) >= 11 is 0. The number of carboxylic acids is 1. The Balaban J connectivity index is 2.11. The maximum atomic E-state index is 10.9. The molecule has 2 heteroatoms. The van der Waals surface area contributed by atoms with Gasteiger partial charge in [0.05, 0.1) is 5.92 Å². The minimum absolute atomic E-state index is 0.00810. The monoisotopic (exact) mass is 168 g/mol. The molecule has 0 aromatic carbocycles. The first-order valence-electron chi connectivity index (χ1n) is 5.00. The first-order valence-corrected chi connectivity index (χ1v) is 5.00. The van der Waals surface area contributed by atoms with Crippen molar-refractivity contribution >= 4 is 5.97 Å². The number of rotatable bonds is 1. The molecule has 0 aromatic heterocycles. The third kappa shape index (κ3) is 1.35. The van der Waals surface area contributed by atoms with Gasteiger partial charge in [-0.1, -0.05) is 19.3 Å². The van der Waals surface area contributed by atoms with Crippen LogP contribution < -0.4 is 0 Å². The molecule has 3 saturated carbocycles. The average Bonchev–Trinajstić information content (AvgIpc) is 2.36. The quantitative estimate of drug-likeness (QED) is 0.652. The van der Waals surface area contributed by atoms with Crippen LogP contribution in [0.1, 0.15) is 38.5 Å². The molecule has 0 saturated heterocycles. The Bertz CT molecular complexity index is 184. The zero-order valence-electron chi connectivity index (χ0n) is 7.33.